The highest BCUT2D eigenvalue weighted by Gasteiger charge is 2.61. The molecule has 1 aromatic heterocycles. The molecule has 1 saturated carbocycles. The summed E-state index contributed by atoms with van der Waals surface area (Å²) in [6.07, 6.45) is 2.52. The Labute approximate surface area is 107 Å². The number of hydrogen-bond donors (Lipinski definition) is 0. The van der Waals surface area contributed by atoms with Gasteiger partial charge in [0.25, 0.3) is 0 Å². The molecule has 2 atom stereocenters. The Morgan fingerprint density at radius 2 is 1.72 bits per heavy atom. The van der Waals surface area contributed by atoms with Gasteiger partial charge in [-0.1, -0.05) is 32.9 Å². The van der Waals surface area contributed by atoms with Gasteiger partial charge in [-0.3, -0.25) is 0 Å². The average molecular weight is 238 g/mol. The normalized spacial score (nSPS) is 31.8. The molecule has 2 aliphatic carbocycles. The minimum Gasteiger partial charge on any atom is -0.249 e. The number of hydrogen-bond acceptors (Lipinski definition) is 2. The van der Waals surface area contributed by atoms with E-state index in [4.69, 9.17) is 9.97 Å². The monoisotopic (exact) mass is 238 g/mol. The fourth-order valence-corrected chi connectivity index (χ4v) is 4.07. The van der Waals surface area contributed by atoms with Crippen molar-refractivity contribution in [2.24, 2.45) is 5.41 Å². The highest BCUT2D eigenvalue weighted by atomic mass is 14.9. The summed E-state index contributed by atoms with van der Waals surface area (Å²) in [5.41, 5.74) is 5.13. The Hall–Kier alpha value is -1.44. The standard InChI is InChI=1S/C16H18N2/c1-15(2)10-8-9-16(15,3)14-13(10)17-11-6-4-5-7-12(11)18-14/h4-7,10H,8-9H2,1-3H3/t10-,16-/m1/s1. The fraction of sp³-hybridized carbons (Fsp3) is 0.500. The summed E-state index contributed by atoms with van der Waals surface area (Å²) in [4.78, 5) is 9.86. The molecule has 4 rings (SSSR count). The lowest BCUT2D eigenvalue weighted by atomic mass is 9.70. The van der Waals surface area contributed by atoms with Crippen molar-refractivity contribution in [2.75, 3.05) is 0 Å². The number of nitrogens with zero attached hydrogens (tertiary/aromatic N) is 2. The maximum Gasteiger partial charge on any atom is 0.0890 e. The summed E-state index contributed by atoms with van der Waals surface area (Å²) >= 11 is 0. The van der Waals surface area contributed by atoms with Crippen LogP contribution in [0.3, 0.4) is 0 Å². The van der Waals surface area contributed by atoms with Crippen molar-refractivity contribution in [2.45, 2.75) is 44.9 Å². The predicted molar refractivity (Wildman–Crippen MR) is 72.6 cm³/mol. The van der Waals surface area contributed by atoms with Crippen LogP contribution in [0, 0.1) is 5.41 Å². The van der Waals surface area contributed by atoms with Gasteiger partial charge >= 0.3 is 0 Å². The lowest BCUT2D eigenvalue weighted by Crippen LogP contribution is -2.31. The van der Waals surface area contributed by atoms with Gasteiger partial charge in [-0.2, -0.15) is 0 Å². The largest absolute Gasteiger partial charge is 0.249 e. The van der Waals surface area contributed by atoms with Crippen LogP contribution in [0.15, 0.2) is 24.3 Å². The molecule has 0 aliphatic heterocycles. The van der Waals surface area contributed by atoms with Crippen LogP contribution in [-0.2, 0) is 5.41 Å². The molecule has 2 aromatic rings. The molecule has 1 fully saturated rings. The predicted octanol–water partition coefficient (Wildman–Crippen LogP) is 3.80. The molecule has 2 aliphatic rings. The lowest BCUT2D eigenvalue weighted by Gasteiger charge is -2.34. The summed E-state index contributed by atoms with van der Waals surface area (Å²) in [6, 6.07) is 8.24. The summed E-state index contributed by atoms with van der Waals surface area (Å²) in [7, 11) is 0. The molecule has 0 saturated heterocycles. The van der Waals surface area contributed by atoms with Gasteiger partial charge in [0.1, 0.15) is 0 Å². The molecule has 1 heterocycles. The van der Waals surface area contributed by atoms with Gasteiger partial charge in [-0.25, -0.2) is 9.97 Å². The number of benzene rings is 1. The first-order chi connectivity index (χ1) is 8.54. The van der Waals surface area contributed by atoms with Crippen molar-refractivity contribution in [3.05, 3.63) is 35.7 Å². The second kappa shape index (κ2) is 2.93. The molecule has 1 aromatic carbocycles. The Morgan fingerprint density at radius 3 is 2.44 bits per heavy atom. The van der Waals surface area contributed by atoms with Gasteiger partial charge in [-0.15, -0.1) is 0 Å². The first-order valence-electron chi connectivity index (χ1n) is 6.81. The van der Waals surface area contributed by atoms with Crippen molar-refractivity contribution in [3.8, 4) is 0 Å². The molecular weight excluding hydrogens is 220 g/mol. The van der Waals surface area contributed by atoms with E-state index in [0.717, 1.165) is 11.0 Å². The number of rotatable bonds is 0. The lowest BCUT2D eigenvalue weighted by molar-refractivity contribution is 0.227. The van der Waals surface area contributed by atoms with E-state index < -0.39 is 0 Å². The number of fused-ring (bicyclic) bond motifs is 6. The Kier molecular flexibility index (Phi) is 1.71. The van der Waals surface area contributed by atoms with Crippen LogP contribution in [0.2, 0.25) is 0 Å². The molecule has 92 valence electrons. The first-order valence-corrected chi connectivity index (χ1v) is 6.81. The van der Waals surface area contributed by atoms with Crippen molar-refractivity contribution in [1.82, 2.24) is 9.97 Å². The van der Waals surface area contributed by atoms with Gasteiger partial charge in [0.05, 0.1) is 22.4 Å². The molecule has 0 amide bonds. The topological polar surface area (TPSA) is 25.8 Å². The zero-order valence-corrected chi connectivity index (χ0v) is 11.2. The molecule has 0 radical (unpaired) electrons. The highest BCUT2D eigenvalue weighted by Crippen LogP contribution is 2.66. The zero-order valence-electron chi connectivity index (χ0n) is 11.2. The number of aromatic nitrogens is 2. The highest BCUT2D eigenvalue weighted by molar-refractivity contribution is 5.75. The fourth-order valence-electron chi connectivity index (χ4n) is 4.07. The Bertz CT molecular complexity index is 659. The third-order valence-corrected chi connectivity index (χ3v) is 5.68. The van der Waals surface area contributed by atoms with Crippen LogP contribution in [0.4, 0.5) is 0 Å². The summed E-state index contributed by atoms with van der Waals surface area (Å²) in [5, 5.41) is 0. The van der Waals surface area contributed by atoms with E-state index >= 15 is 0 Å². The maximum atomic E-state index is 4.94. The van der Waals surface area contributed by atoms with Crippen LogP contribution in [0.1, 0.15) is 50.9 Å². The molecule has 2 nitrogen and oxygen atoms in total. The third kappa shape index (κ3) is 0.969. The zero-order chi connectivity index (χ0) is 12.5. The molecule has 2 bridgehead atoms. The van der Waals surface area contributed by atoms with E-state index in [9.17, 15) is 0 Å². The van der Waals surface area contributed by atoms with E-state index in [2.05, 4.69) is 32.9 Å². The molecular formula is C16H18N2. The van der Waals surface area contributed by atoms with Crippen LogP contribution in [-0.4, -0.2) is 9.97 Å². The second-order valence-corrected chi connectivity index (χ2v) is 6.59. The van der Waals surface area contributed by atoms with Crippen molar-refractivity contribution < 1.29 is 0 Å². The van der Waals surface area contributed by atoms with Crippen LogP contribution in [0.25, 0.3) is 11.0 Å². The van der Waals surface area contributed by atoms with Crippen molar-refractivity contribution in [3.63, 3.8) is 0 Å². The Balaban J connectivity index is 2.08. The smallest absolute Gasteiger partial charge is 0.0890 e. The summed E-state index contributed by atoms with van der Waals surface area (Å²) in [6.45, 7) is 7.15. The minimum atomic E-state index is 0.212. The maximum absolute atomic E-state index is 4.94. The van der Waals surface area contributed by atoms with E-state index in [-0.39, 0.29) is 5.41 Å². The summed E-state index contributed by atoms with van der Waals surface area (Å²) in [5.74, 6) is 0.592. The minimum absolute atomic E-state index is 0.212. The van der Waals surface area contributed by atoms with Crippen molar-refractivity contribution >= 4 is 11.0 Å². The van der Waals surface area contributed by atoms with Crippen molar-refractivity contribution in [1.29, 1.82) is 0 Å². The van der Waals surface area contributed by atoms with E-state index in [1.54, 1.807) is 0 Å². The van der Waals surface area contributed by atoms with E-state index in [1.807, 2.05) is 12.1 Å². The van der Waals surface area contributed by atoms with E-state index in [0.29, 0.717) is 11.3 Å². The molecule has 0 unspecified atom stereocenters. The average Bonchev–Trinajstić information content (AvgIpc) is 2.68. The molecule has 0 N–H and O–H groups in total. The van der Waals surface area contributed by atoms with Gasteiger partial charge in [0.2, 0.25) is 0 Å². The molecule has 0 spiro atoms. The van der Waals surface area contributed by atoms with Crippen LogP contribution in [0.5, 0.6) is 0 Å². The van der Waals surface area contributed by atoms with Crippen LogP contribution >= 0.6 is 0 Å². The first kappa shape index (κ1) is 10.5. The van der Waals surface area contributed by atoms with E-state index in [1.165, 1.54) is 24.2 Å². The molecule has 18 heavy (non-hydrogen) atoms. The van der Waals surface area contributed by atoms with Gasteiger partial charge in [0, 0.05) is 11.3 Å². The quantitative estimate of drug-likeness (QED) is 0.697. The molecule has 2 heteroatoms. The third-order valence-electron chi connectivity index (χ3n) is 5.68. The van der Waals surface area contributed by atoms with Gasteiger partial charge < -0.3 is 0 Å². The second-order valence-electron chi connectivity index (χ2n) is 6.59. The Morgan fingerprint density at radius 1 is 1.06 bits per heavy atom. The number of para-hydroxylation sites is 2. The SMILES string of the molecule is CC1(C)[C@@H]2CC[C@]1(C)c1nc3ccccc3nc12. The van der Waals surface area contributed by atoms with Crippen LogP contribution < -0.4 is 0 Å². The van der Waals surface area contributed by atoms with Gasteiger partial charge in [-0.05, 0) is 30.4 Å². The summed E-state index contributed by atoms with van der Waals surface area (Å²) < 4.78 is 0. The van der Waals surface area contributed by atoms with Gasteiger partial charge in [0.15, 0.2) is 0 Å².